The highest BCUT2D eigenvalue weighted by Gasteiger charge is 2.14. The normalized spacial score (nSPS) is 11.2. The highest BCUT2D eigenvalue weighted by molar-refractivity contribution is 6.04. The number of ether oxygens (including phenoxy) is 2. The fourth-order valence-corrected chi connectivity index (χ4v) is 3.27. The zero-order chi connectivity index (χ0) is 22.6. The number of anilines is 1. The highest BCUT2D eigenvalue weighted by Crippen LogP contribution is 2.26. The maximum atomic E-state index is 12.8. The molecule has 0 aliphatic rings. The third-order valence-electron chi connectivity index (χ3n) is 5.42. The van der Waals surface area contributed by atoms with Gasteiger partial charge in [0.15, 0.2) is 0 Å². The summed E-state index contributed by atoms with van der Waals surface area (Å²) >= 11 is 0. The van der Waals surface area contributed by atoms with Gasteiger partial charge in [0.1, 0.15) is 18.1 Å². The quantitative estimate of drug-likeness (QED) is 0.502. The van der Waals surface area contributed by atoms with Crippen LogP contribution in [-0.4, -0.2) is 13.0 Å². The van der Waals surface area contributed by atoms with E-state index in [9.17, 15) is 4.79 Å². The van der Waals surface area contributed by atoms with Gasteiger partial charge in [-0.05, 0) is 78.4 Å². The Labute approximate surface area is 185 Å². The van der Waals surface area contributed by atoms with Crippen molar-refractivity contribution in [3.8, 4) is 11.5 Å². The Bertz CT molecular complexity index is 1060. The van der Waals surface area contributed by atoms with Crippen molar-refractivity contribution in [1.82, 2.24) is 0 Å². The number of benzene rings is 3. The Morgan fingerprint density at radius 3 is 2.23 bits per heavy atom. The van der Waals surface area contributed by atoms with E-state index in [4.69, 9.17) is 9.47 Å². The molecule has 3 rings (SSSR count). The lowest BCUT2D eigenvalue weighted by Crippen LogP contribution is -2.13. The van der Waals surface area contributed by atoms with E-state index in [1.165, 1.54) is 11.1 Å². The minimum Gasteiger partial charge on any atom is -0.496 e. The van der Waals surface area contributed by atoms with Crippen LogP contribution in [0.25, 0.3) is 0 Å². The topological polar surface area (TPSA) is 47.6 Å². The number of carbonyl (C=O) groups is 1. The van der Waals surface area contributed by atoms with Crippen LogP contribution in [0.5, 0.6) is 11.5 Å². The molecule has 3 aromatic rings. The summed E-state index contributed by atoms with van der Waals surface area (Å²) in [6, 6.07) is 19.4. The minimum absolute atomic E-state index is 0.0967. The number of aryl methyl sites for hydroxylation is 2. The lowest BCUT2D eigenvalue weighted by molar-refractivity contribution is 0.102. The summed E-state index contributed by atoms with van der Waals surface area (Å²) in [7, 11) is 1.62. The Morgan fingerprint density at radius 1 is 0.903 bits per heavy atom. The van der Waals surface area contributed by atoms with E-state index >= 15 is 0 Å². The van der Waals surface area contributed by atoms with Gasteiger partial charge in [-0.3, -0.25) is 4.79 Å². The van der Waals surface area contributed by atoms with E-state index in [0.717, 1.165) is 22.6 Å². The zero-order valence-corrected chi connectivity index (χ0v) is 19.2. The van der Waals surface area contributed by atoms with Crippen LogP contribution in [0.2, 0.25) is 0 Å². The maximum absolute atomic E-state index is 12.8. The number of hydrogen-bond acceptors (Lipinski definition) is 3. The maximum Gasteiger partial charge on any atom is 0.255 e. The molecule has 4 nitrogen and oxygen atoms in total. The van der Waals surface area contributed by atoms with E-state index in [0.29, 0.717) is 17.9 Å². The van der Waals surface area contributed by atoms with Gasteiger partial charge in [-0.25, -0.2) is 0 Å². The van der Waals surface area contributed by atoms with E-state index < -0.39 is 0 Å². The molecule has 0 heterocycles. The SMILES string of the molecule is COc1ccc(C(=O)Nc2ccc(C)c(C)c2)cc1COc1ccc(C(C)(C)C)cc1. The van der Waals surface area contributed by atoms with Crippen LogP contribution in [0, 0.1) is 13.8 Å². The molecule has 0 bridgehead atoms. The second-order valence-corrected chi connectivity index (χ2v) is 8.84. The van der Waals surface area contributed by atoms with E-state index in [1.807, 2.05) is 50.2 Å². The molecule has 4 heteroatoms. The lowest BCUT2D eigenvalue weighted by atomic mass is 9.87. The summed E-state index contributed by atoms with van der Waals surface area (Å²) in [4.78, 5) is 12.8. The minimum atomic E-state index is -0.165. The molecule has 1 amide bonds. The van der Waals surface area contributed by atoms with Gasteiger partial charge in [0.25, 0.3) is 5.91 Å². The molecule has 0 saturated carbocycles. The Hall–Kier alpha value is -3.27. The van der Waals surface area contributed by atoms with Gasteiger partial charge in [0.05, 0.1) is 7.11 Å². The third-order valence-corrected chi connectivity index (χ3v) is 5.42. The highest BCUT2D eigenvalue weighted by atomic mass is 16.5. The molecule has 0 aliphatic heterocycles. The first-order chi connectivity index (χ1) is 14.7. The van der Waals surface area contributed by atoms with Crippen molar-refractivity contribution in [2.24, 2.45) is 0 Å². The van der Waals surface area contributed by atoms with Gasteiger partial charge < -0.3 is 14.8 Å². The second kappa shape index (κ2) is 9.25. The molecule has 31 heavy (non-hydrogen) atoms. The van der Waals surface area contributed by atoms with Gasteiger partial charge in [-0.15, -0.1) is 0 Å². The van der Waals surface area contributed by atoms with Crippen LogP contribution in [0.15, 0.2) is 60.7 Å². The third kappa shape index (κ3) is 5.66. The van der Waals surface area contributed by atoms with Crippen molar-refractivity contribution in [3.05, 3.63) is 88.5 Å². The predicted octanol–water partition coefficient (Wildman–Crippen LogP) is 6.44. The van der Waals surface area contributed by atoms with Crippen molar-refractivity contribution in [2.45, 2.75) is 46.6 Å². The second-order valence-electron chi connectivity index (χ2n) is 8.84. The van der Waals surface area contributed by atoms with Gasteiger partial charge in [-0.1, -0.05) is 39.0 Å². The van der Waals surface area contributed by atoms with Crippen molar-refractivity contribution in [1.29, 1.82) is 0 Å². The first-order valence-electron chi connectivity index (χ1n) is 10.5. The summed E-state index contributed by atoms with van der Waals surface area (Å²) in [5.41, 5.74) is 5.83. The molecule has 0 atom stereocenters. The average molecular weight is 418 g/mol. The van der Waals surface area contributed by atoms with Crippen LogP contribution in [0.1, 0.15) is 53.4 Å². The van der Waals surface area contributed by atoms with Gasteiger partial charge in [0.2, 0.25) is 0 Å². The molecular weight excluding hydrogens is 386 g/mol. The standard InChI is InChI=1S/C27H31NO3/c1-18-7-11-23(15-19(18)2)28-26(29)20-8-14-25(30-6)21(16-20)17-31-24-12-9-22(10-13-24)27(3,4)5/h7-16H,17H2,1-6H3,(H,28,29). The van der Waals surface area contributed by atoms with Crippen molar-refractivity contribution >= 4 is 11.6 Å². The molecular formula is C27H31NO3. The molecule has 162 valence electrons. The molecule has 3 aromatic carbocycles. The number of nitrogens with one attached hydrogen (secondary N) is 1. The molecule has 0 unspecified atom stereocenters. The van der Waals surface area contributed by atoms with Crippen molar-refractivity contribution < 1.29 is 14.3 Å². The largest absolute Gasteiger partial charge is 0.496 e. The molecule has 0 aliphatic carbocycles. The van der Waals surface area contributed by atoms with Gasteiger partial charge in [0, 0.05) is 16.8 Å². The first-order valence-corrected chi connectivity index (χ1v) is 10.5. The van der Waals surface area contributed by atoms with Crippen LogP contribution in [0.3, 0.4) is 0 Å². The van der Waals surface area contributed by atoms with Crippen LogP contribution in [-0.2, 0) is 12.0 Å². The number of carbonyl (C=O) groups excluding carboxylic acids is 1. The number of hydrogen-bond donors (Lipinski definition) is 1. The van der Waals surface area contributed by atoms with Gasteiger partial charge >= 0.3 is 0 Å². The van der Waals surface area contributed by atoms with Gasteiger partial charge in [-0.2, -0.15) is 0 Å². The number of amides is 1. The van der Waals surface area contributed by atoms with Crippen molar-refractivity contribution in [2.75, 3.05) is 12.4 Å². The monoisotopic (exact) mass is 417 g/mol. The van der Waals surface area contributed by atoms with E-state index in [-0.39, 0.29) is 11.3 Å². The molecule has 1 N–H and O–H groups in total. The first kappa shape index (κ1) is 22.4. The summed E-state index contributed by atoms with van der Waals surface area (Å²) < 4.78 is 11.4. The Balaban J connectivity index is 1.74. The molecule has 0 fully saturated rings. The van der Waals surface area contributed by atoms with Crippen LogP contribution >= 0.6 is 0 Å². The van der Waals surface area contributed by atoms with Crippen LogP contribution in [0.4, 0.5) is 5.69 Å². The van der Waals surface area contributed by atoms with E-state index in [1.54, 1.807) is 19.2 Å². The molecule has 0 radical (unpaired) electrons. The summed E-state index contributed by atoms with van der Waals surface area (Å²) in [5.74, 6) is 1.30. The average Bonchev–Trinajstić information content (AvgIpc) is 2.74. The molecule has 0 spiro atoms. The number of rotatable bonds is 6. The zero-order valence-electron chi connectivity index (χ0n) is 19.2. The lowest BCUT2D eigenvalue weighted by Gasteiger charge is -2.19. The van der Waals surface area contributed by atoms with Crippen molar-refractivity contribution in [3.63, 3.8) is 0 Å². The summed E-state index contributed by atoms with van der Waals surface area (Å²) in [6.07, 6.45) is 0. The molecule has 0 aromatic heterocycles. The Morgan fingerprint density at radius 2 is 1.61 bits per heavy atom. The fraction of sp³-hybridized carbons (Fsp3) is 0.296. The fourth-order valence-electron chi connectivity index (χ4n) is 3.27. The van der Waals surface area contributed by atoms with E-state index in [2.05, 4.69) is 38.2 Å². The number of methoxy groups -OCH3 is 1. The molecule has 0 saturated heterocycles. The Kier molecular flexibility index (Phi) is 6.69. The summed E-state index contributed by atoms with van der Waals surface area (Å²) in [6.45, 7) is 10.9. The van der Waals surface area contributed by atoms with Crippen LogP contribution < -0.4 is 14.8 Å². The summed E-state index contributed by atoms with van der Waals surface area (Å²) in [5, 5.41) is 2.96. The predicted molar refractivity (Wildman–Crippen MR) is 126 cm³/mol. The smallest absolute Gasteiger partial charge is 0.255 e.